The van der Waals surface area contributed by atoms with Crippen LogP contribution in [0.2, 0.25) is 5.02 Å². The van der Waals surface area contributed by atoms with Crippen LogP contribution >= 0.6 is 11.6 Å². The Hall–Kier alpha value is -1.82. The molecule has 0 saturated carbocycles. The summed E-state index contributed by atoms with van der Waals surface area (Å²) in [5.74, 6) is 0.763. The molecule has 0 amide bonds. The molecule has 0 aliphatic rings. The summed E-state index contributed by atoms with van der Waals surface area (Å²) in [6.07, 6.45) is 4.08. The maximum absolute atomic E-state index is 5.93. The number of aromatic nitrogens is 4. The van der Waals surface area contributed by atoms with Crippen molar-refractivity contribution in [3.05, 3.63) is 29.2 Å². The molecule has 0 aromatic carbocycles. The highest BCUT2D eigenvalue weighted by Gasteiger charge is 2.04. The van der Waals surface area contributed by atoms with E-state index in [9.17, 15) is 0 Å². The van der Waals surface area contributed by atoms with Gasteiger partial charge in [-0.1, -0.05) is 11.6 Å². The van der Waals surface area contributed by atoms with E-state index in [4.69, 9.17) is 17.3 Å². The summed E-state index contributed by atoms with van der Waals surface area (Å²) >= 11 is 5.93. The molecule has 0 saturated heterocycles. The molecule has 2 rings (SSSR count). The van der Waals surface area contributed by atoms with E-state index in [1.807, 2.05) is 17.8 Å². The zero-order chi connectivity index (χ0) is 12.3. The molecule has 0 aliphatic carbocycles. The van der Waals surface area contributed by atoms with E-state index in [-0.39, 0.29) is 5.95 Å². The van der Waals surface area contributed by atoms with E-state index in [1.165, 1.54) is 6.20 Å². The van der Waals surface area contributed by atoms with Gasteiger partial charge in [-0.2, -0.15) is 10.1 Å². The summed E-state index contributed by atoms with van der Waals surface area (Å²) in [6, 6.07) is 1.97. The first-order valence-electron chi connectivity index (χ1n) is 5.15. The lowest BCUT2D eigenvalue weighted by molar-refractivity contribution is 0.711. The molecule has 0 unspecified atom stereocenters. The Morgan fingerprint density at radius 1 is 1.53 bits per heavy atom. The summed E-state index contributed by atoms with van der Waals surface area (Å²) in [5, 5.41) is 7.67. The maximum atomic E-state index is 5.93. The zero-order valence-electron chi connectivity index (χ0n) is 9.39. The first-order valence-corrected chi connectivity index (χ1v) is 5.53. The van der Waals surface area contributed by atoms with Crippen LogP contribution < -0.4 is 11.1 Å². The van der Waals surface area contributed by atoms with Crippen molar-refractivity contribution < 1.29 is 0 Å². The van der Waals surface area contributed by atoms with E-state index in [0.29, 0.717) is 17.4 Å². The molecule has 2 aromatic heterocycles. The third-order valence-corrected chi connectivity index (χ3v) is 2.64. The Kier molecular flexibility index (Phi) is 3.43. The molecule has 90 valence electrons. The van der Waals surface area contributed by atoms with E-state index >= 15 is 0 Å². The summed E-state index contributed by atoms with van der Waals surface area (Å²) in [5.41, 5.74) is 6.62. The summed E-state index contributed by atoms with van der Waals surface area (Å²) < 4.78 is 1.83. The van der Waals surface area contributed by atoms with Gasteiger partial charge in [-0.3, -0.25) is 4.68 Å². The monoisotopic (exact) mass is 252 g/mol. The zero-order valence-corrected chi connectivity index (χ0v) is 10.1. The van der Waals surface area contributed by atoms with Gasteiger partial charge in [0.2, 0.25) is 5.95 Å². The first kappa shape index (κ1) is 11.7. The quantitative estimate of drug-likeness (QED) is 0.852. The molecule has 17 heavy (non-hydrogen) atoms. The number of nitrogens with two attached hydrogens (primary N) is 1. The molecular formula is C10H13ClN6. The summed E-state index contributed by atoms with van der Waals surface area (Å²) in [7, 11) is 1.91. The van der Waals surface area contributed by atoms with Crippen LogP contribution in [0.3, 0.4) is 0 Å². The van der Waals surface area contributed by atoms with E-state index in [1.54, 1.807) is 6.20 Å². The topological polar surface area (TPSA) is 81.7 Å². The molecule has 2 heterocycles. The van der Waals surface area contributed by atoms with Crippen molar-refractivity contribution in [3.63, 3.8) is 0 Å². The lowest BCUT2D eigenvalue weighted by Crippen LogP contribution is -2.10. The number of nitrogen functional groups attached to an aromatic ring is 1. The molecule has 2 aromatic rings. The van der Waals surface area contributed by atoms with Gasteiger partial charge in [0, 0.05) is 31.9 Å². The molecule has 0 fully saturated rings. The highest BCUT2D eigenvalue weighted by Crippen LogP contribution is 2.18. The van der Waals surface area contributed by atoms with Gasteiger partial charge in [0.25, 0.3) is 0 Å². The van der Waals surface area contributed by atoms with Crippen LogP contribution in [-0.4, -0.2) is 26.3 Å². The Bertz CT molecular complexity index is 509. The van der Waals surface area contributed by atoms with Crippen LogP contribution in [0.4, 0.5) is 11.8 Å². The van der Waals surface area contributed by atoms with Gasteiger partial charge < -0.3 is 11.1 Å². The normalized spacial score (nSPS) is 10.5. The van der Waals surface area contributed by atoms with Gasteiger partial charge in [-0.25, -0.2) is 4.98 Å². The highest BCUT2D eigenvalue weighted by molar-refractivity contribution is 6.32. The lowest BCUT2D eigenvalue weighted by atomic mass is 10.3. The molecule has 6 nitrogen and oxygen atoms in total. The number of aryl methyl sites for hydroxylation is 1. The number of nitrogens with one attached hydrogen (secondary N) is 1. The van der Waals surface area contributed by atoms with Crippen LogP contribution in [0, 0.1) is 0 Å². The molecule has 7 heteroatoms. The Morgan fingerprint density at radius 2 is 2.35 bits per heavy atom. The largest absolute Gasteiger partial charge is 0.368 e. The Morgan fingerprint density at radius 3 is 3.06 bits per heavy atom. The van der Waals surface area contributed by atoms with E-state index in [0.717, 1.165) is 12.1 Å². The number of hydrogen-bond donors (Lipinski definition) is 2. The fourth-order valence-electron chi connectivity index (χ4n) is 1.46. The number of nitrogens with zero attached hydrogens (tertiary/aromatic N) is 4. The molecule has 0 aliphatic heterocycles. The minimum absolute atomic E-state index is 0.206. The van der Waals surface area contributed by atoms with Crippen LogP contribution in [0.5, 0.6) is 0 Å². The SMILES string of the molecule is Cn1nccc1CCNc1nc(N)ncc1Cl. The van der Waals surface area contributed by atoms with Crippen molar-refractivity contribution in [2.75, 3.05) is 17.6 Å². The van der Waals surface area contributed by atoms with Crippen molar-refractivity contribution in [2.45, 2.75) is 6.42 Å². The minimum atomic E-state index is 0.206. The molecule has 0 spiro atoms. The van der Waals surface area contributed by atoms with Gasteiger partial charge >= 0.3 is 0 Å². The average Bonchev–Trinajstić information content (AvgIpc) is 2.70. The van der Waals surface area contributed by atoms with Crippen molar-refractivity contribution >= 4 is 23.4 Å². The third-order valence-electron chi connectivity index (χ3n) is 2.36. The van der Waals surface area contributed by atoms with Crippen LogP contribution in [0.1, 0.15) is 5.69 Å². The van der Waals surface area contributed by atoms with Crippen molar-refractivity contribution in [1.82, 2.24) is 19.7 Å². The molecule has 3 N–H and O–H groups in total. The van der Waals surface area contributed by atoms with Gasteiger partial charge in [0.05, 0.1) is 6.20 Å². The van der Waals surface area contributed by atoms with Crippen LogP contribution in [0.15, 0.2) is 18.5 Å². The second-order valence-corrected chi connectivity index (χ2v) is 3.95. The number of halogens is 1. The Labute approximate surface area is 104 Å². The summed E-state index contributed by atoms with van der Waals surface area (Å²) in [6.45, 7) is 0.704. The summed E-state index contributed by atoms with van der Waals surface area (Å²) in [4.78, 5) is 7.81. The van der Waals surface area contributed by atoms with E-state index in [2.05, 4.69) is 20.4 Å². The third kappa shape index (κ3) is 2.85. The minimum Gasteiger partial charge on any atom is -0.368 e. The van der Waals surface area contributed by atoms with E-state index < -0.39 is 0 Å². The standard InChI is InChI=1S/C10H13ClN6/c1-17-7(3-5-15-17)2-4-13-9-8(11)6-14-10(12)16-9/h3,5-6H,2,4H2,1H3,(H3,12,13,14,16). The Balaban J connectivity index is 1.94. The molecular weight excluding hydrogens is 240 g/mol. The average molecular weight is 253 g/mol. The predicted octanol–water partition coefficient (Wildman–Crippen LogP) is 1.10. The second kappa shape index (κ2) is 5.01. The fraction of sp³-hybridized carbons (Fsp3) is 0.300. The van der Waals surface area contributed by atoms with Gasteiger partial charge in [-0.15, -0.1) is 0 Å². The van der Waals surface area contributed by atoms with Crippen LogP contribution in [-0.2, 0) is 13.5 Å². The predicted molar refractivity (Wildman–Crippen MR) is 66.9 cm³/mol. The molecule has 0 atom stereocenters. The highest BCUT2D eigenvalue weighted by atomic mass is 35.5. The fourth-order valence-corrected chi connectivity index (χ4v) is 1.62. The first-order chi connectivity index (χ1) is 8.16. The van der Waals surface area contributed by atoms with Crippen molar-refractivity contribution in [2.24, 2.45) is 7.05 Å². The van der Waals surface area contributed by atoms with Crippen molar-refractivity contribution in [1.29, 1.82) is 0 Å². The maximum Gasteiger partial charge on any atom is 0.222 e. The van der Waals surface area contributed by atoms with Gasteiger partial charge in [-0.05, 0) is 6.07 Å². The van der Waals surface area contributed by atoms with Gasteiger partial charge in [0.15, 0.2) is 0 Å². The number of anilines is 2. The molecule has 0 bridgehead atoms. The molecule has 0 radical (unpaired) electrons. The second-order valence-electron chi connectivity index (χ2n) is 3.55. The van der Waals surface area contributed by atoms with Crippen molar-refractivity contribution in [3.8, 4) is 0 Å². The number of hydrogen-bond acceptors (Lipinski definition) is 5. The lowest BCUT2D eigenvalue weighted by Gasteiger charge is -2.07. The number of rotatable bonds is 4. The van der Waals surface area contributed by atoms with Crippen LogP contribution in [0.25, 0.3) is 0 Å². The van der Waals surface area contributed by atoms with Gasteiger partial charge in [0.1, 0.15) is 10.8 Å². The smallest absolute Gasteiger partial charge is 0.222 e.